The summed E-state index contributed by atoms with van der Waals surface area (Å²) in [5, 5.41) is 9.83. The minimum atomic E-state index is 0.188. The van der Waals surface area contributed by atoms with Crippen LogP contribution < -0.4 is 26.0 Å². The smallest absolute Gasteiger partial charge is 0.199 e. The second kappa shape index (κ2) is 11.8. The van der Waals surface area contributed by atoms with Crippen molar-refractivity contribution in [2.45, 2.75) is 13.5 Å². The fourth-order valence-corrected chi connectivity index (χ4v) is 5.67. The Bertz CT molecular complexity index is 1670. The number of ether oxygens (including phenoxy) is 2. The number of nitrogen functional groups attached to an aromatic ring is 1. The van der Waals surface area contributed by atoms with Gasteiger partial charge in [-0.25, -0.2) is 9.61 Å². The van der Waals surface area contributed by atoms with E-state index < -0.39 is 0 Å². The Morgan fingerprint density at radius 3 is 2.05 bits per heavy atom. The number of nitrogens with zero attached hydrogens (tertiary/aromatic N) is 8. The average Bonchev–Trinajstić information content (AvgIpc) is 3.67. The van der Waals surface area contributed by atoms with E-state index >= 15 is 0 Å². The average molecular weight is 583 g/mol. The van der Waals surface area contributed by atoms with E-state index in [1.165, 1.54) is 5.69 Å². The Morgan fingerprint density at radius 1 is 0.837 bits per heavy atom. The number of benzene rings is 2. The molecule has 5 aromatic rings. The zero-order chi connectivity index (χ0) is 29.2. The van der Waals surface area contributed by atoms with Crippen molar-refractivity contribution in [1.29, 1.82) is 0 Å². The summed E-state index contributed by atoms with van der Waals surface area (Å²) in [4.78, 5) is 14.1. The first-order valence-electron chi connectivity index (χ1n) is 14.5. The van der Waals surface area contributed by atoms with Gasteiger partial charge in [0.05, 0.1) is 55.7 Å². The summed E-state index contributed by atoms with van der Waals surface area (Å²) < 4.78 is 18.0. The number of nitrogens with two attached hydrogens (primary N) is 1. The molecule has 13 heteroatoms. The molecule has 7 rings (SSSR count). The van der Waals surface area contributed by atoms with Gasteiger partial charge in [-0.1, -0.05) is 0 Å². The van der Waals surface area contributed by atoms with E-state index in [1.807, 2.05) is 11.2 Å². The molecule has 222 valence electrons. The molecule has 3 N–H and O–H groups in total. The number of nitrogens with one attached hydrogen (secondary N) is 1. The van der Waals surface area contributed by atoms with Crippen LogP contribution in [0.1, 0.15) is 6.92 Å². The van der Waals surface area contributed by atoms with Crippen molar-refractivity contribution in [2.24, 2.45) is 0 Å². The highest BCUT2D eigenvalue weighted by Gasteiger charge is 2.24. The zero-order valence-corrected chi connectivity index (χ0v) is 24.0. The molecule has 2 aromatic carbocycles. The zero-order valence-electron chi connectivity index (χ0n) is 24.0. The molecule has 2 aliphatic rings. The van der Waals surface area contributed by atoms with E-state index in [9.17, 15) is 0 Å². The van der Waals surface area contributed by atoms with Gasteiger partial charge in [0, 0.05) is 44.1 Å². The van der Waals surface area contributed by atoms with Crippen molar-refractivity contribution >= 4 is 45.3 Å². The van der Waals surface area contributed by atoms with Gasteiger partial charge in [-0.2, -0.15) is 0 Å². The molecule has 13 nitrogen and oxygen atoms in total. The number of pyridine rings is 1. The highest BCUT2D eigenvalue weighted by molar-refractivity contribution is 5.94. The fourth-order valence-electron chi connectivity index (χ4n) is 5.67. The molecule has 5 heterocycles. The maximum absolute atomic E-state index is 6.07. The van der Waals surface area contributed by atoms with Gasteiger partial charge >= 0.3 is 0 Å². The van der Waals surface area contributed by atoms with Crippen molar-refractivity contribution < 1.29 is 14.1 Å². The summed E-state index contributed by atoms with van der Waals surface area (Å²) in [5.41, 5.74) is 16.7. The number of imidazole rings is 1. The highest BCUT2D eigenvalue weighted by Crippen LogP contribution is 2.36. The van der Waals surface area contributed by atoms with Gasteiger partial charge in [0.1, 0.15) is 11.2 Å². The van der Waals surface area contributed by atoms with Crippen LogP contribution in [-0.4, -0.2) is 77.5 Å². The monoisotopic (exact) mass is 582 g/mol. The molecule has 0 bridgehead atoms. The molecule has 0 saturated carbocycles. The van der Waals surface area contributed by atoms with Crippen molar-refractivity contribution in [3.8, 4) is 11.5 Å². The SMILES string of the molecule is CCn1c(-c2nonc2N)nc2cncc(N(Nc3ccc(N4CCOCC4)cc3)c3ccc(N4CCOCC4)cc3)c21. The number of aromatic nitrogens is 5. The lowest BCUT2D eigenvalue weighted by molar-refractivity contribution is 0.122. The molecule has 0 unspecified atom stereocenters. The minimum absolute atomic E-state index is 0.188. The summed E-state index contributed by atoms with van der Waals surface area (Å²) in [5.74, 6) is 0.761. The van der Waals surface area contributed by atoms with Crippen LogP contribution in [0.5, 0.6) is 0 Å². The van der Waals surface area contributed by atoms with E-state index in [0.717, 1.165) is 80.9 Å². The van der Waals surface area contributed by atoms with Crippen molar-refractivity contribution in [2.75, 3.05) is 78.6 Å². The number of fused-ring (bicyclic) bond motifs is 1. The number of rotatable bonds is 8. The maximum atomic E-state index is 6.07. The van der Waals surface area contributed by atoms with E-state index in [-0.39, 0.29) is 5.82 Å². The molecule has 3 aromatic heterocycles. The van der Waals surface area contributed by atoms with Crippen LogP contribution in [0.25, 0.3) is 22.6 Å². The number of aryl methyl sites for hydroxylation is 1. The molecule has 2 saturated heterocycles. The second-order valence-corrected chi connectivity index (χ2v) is 10.4. The van der Waals surface area contributed by atoms with E-state index in [0.29, 0.717) is 23.6 Å². The lowest BCUT2D eigenvalue weighted by Gasteiger charge is -2.31. The normalized spacial score (nSPS) is 15.7. The molecule has 0 spiro atoms. The molecular formula is C30H34N10O3. The molecule has 2 aliphatic heterocycles. The predicted octanol–water partition coefficient (Wildman–Crippen LogP) is 3.92. The summed E-state index contributed by atoms with van der Waals surface area (Å²) in [6.07, 6.45) is 3.59. The Morgan fingerprint density at radius 2 is 1.47 bits per heavy atom. The van der Waals surface area contributed by atoms with Crippen LogP contribution in [0.2, 0.25) is 0 Å². The van der Waals surface area contributed by atoms with Crippen molar-refractivity contribution in [3.63, 3.8) is 0 Å². The fraction of sp³-hybridized carbons (Fsp3) is 0.333. The molecule has 0 radical (unpaired) electrons. The third-order valence-corrected chi connectivity index (χ3v) is 7.88. The van der Waals surface area contributed by atoms with Crippen LogP contribution in [0.4, 0.5) is 34.3 Å². The van der Waals surface area contributed by atoms with E-state index in [2.05, 4.69) is 90.5 Å². The number of morpholine rings is 2. The summed E-state index contributed by atoms with van der Waals surface area (Å²) in [6, 6.07) is 17.0. The Labute approximate surface area is 248 Å². The van der Waals surface area contributed by atoms with Gasteiger partial charge in [-0.3, -0.25) is 15.4 Å². The van der Waals surface area contributed by atoms with Crippen LogP contribution in [0.3, 0.4) is 0 Å². The molecule has 43 heavy (non-hydrogen) atoms. The van der Waals surface area contributed by atoms with Gasteiger partial charge in [-0.15, -0.1) is 0 Å². The molecule has 0 atom stereocenters. The first-order chi connectivity index (χ1) is 21.2. The van der Waals surface area contributed by atoms with Crippen LogP contribution >= 0.6 is 0 Å². The second-order valence-electron chi connectivity index (χ2n) is 10.4. The lowest BCUT2D eigenvalue weighted by atomic mass is 10.2. The Kier molecular flexibility index (Phi) is 7.39. The summed E-state index contributed by atoms with van der Waals surface area (Å²) >= 11 is 0. The molecule has 0 aliphatic carbocycles. The summed E-state index contributed by atoms with van der Waals surface area (Å²) in [7, 11) is 0. The number of hydrogen-bond donors (Lipinski definition) is 2. The van der Waals surface area contributed by atoms with Gasteiger partial charge < -0.3 is 29.6 Å². The Balaban J connectivity index is 1.29. The Hall–Kier alpha value is -4.88. The first kappa shape index (κ1) is 27.0. The molecule has 2 fully saturated rings. The topological polar surface area (TPSA) is 136 Å². The third-order valence-electron chi connectivity index (χ3n) is 7.88. The number of hydrogen-bond acceptors (Lipinski definition) is 12. The molecular weight excluding hydrogens is 548 g/mol. The largest absolute Gasteiger partial charge is 0.379 e. The predicted molar refractivity (Wildman–Crippen MR) is 166 cm³/mol. The third kappa shape index (κ3) is 5.28. The van der Waals surface area contributed by atoms with E-state index in [1.54, 1.807) is 6.20 Å². The van der Waals surface area contributed by atoms with E-state index in [4.69, 9.17) is 24.8 Å². The first-order valence-corrected chi connectivity index (χ1v) is 14.5. The van der Waals surface area contributed by atoms with Crippen molar-refractivity contribution in [1.82, 2.24) is 24.8 Å². The van der Waals surface area contributed by atoms with Gasteiger partial charge in [0.2, 0.25) is 0 Å². The minimum Gasteiger partial charge on any atom is -0.379 e. The van der Waals surface area contributed by atoms with Gasteiger partial charge in [-0.05, 0) is 65.8 Å². The van der Waals surface area contributed by atoms with Crippen LogP contribution in [0.15, 0.2) is 65.6 Å². The quantitative estimate of drug-likeness (QED) is 0.257. The maximum Gasteiger partial charge on any atom is 0.199 e. The van der Waals surface area contributed by atoms with Gasteiger partial charge in [0.15, 0.2) is 17.3 Å². The number of hydrazine groups is 1. The standard InChI is InChI=1S/C30H34N10O3/c1-2-39-28-25(33-30(39)27-29(31)36-43-35-27)19-32-20-26(28)40(24-9-7-23(8-10-24)38-13-17-42-18-14-38)34-21-3-5-22(6-4-21)37-11-15-41-16-12-37/h3-10,19-20,34H,2,11-18H2,1H3,(H2,31,36). The number of anilines is 6. The summed E-state index contributed by atoms with van der Waals surface area (Å²) in [6.45, 7) is 9.15. The molecule has 0 amide bonds. The lowest BCUT2D eigenvalue weighted by Crippen LogP contribution is -2.36. The van der Waals surface area contributed by atoms with Crippen LogP contribution in [-0.2, 0) is 16.0 Å². The highest BCUT2D eigenvalue weighted by atomic mass is 16.6. The van der Waals surface area contributed by atoms with Crippen molar-refractivity contribution in [3.05, 3.63) is 60.9 Å². The van der Waals surface area contributed by atoms with Crippen LogP contribution in [0, 0.1) is 0 Å². The van der Waals surface area contributed by atoms with Gasteiger partial charge in [0.25, 0.3) is 0 Å².